The minimum Gasteiger partial charge on any atom is -0.478 e. The molecule has 6 aromatic carbocycles. The molecule has 6 rings (SSSR count). The summed E-state index contributed by atoms with van der Waals surface area (Å²) in [5, 5.41) is 19.0. The van der Waals surface area contributed by atoms with Crippen molar-refractivity contribution in [2.45, 2.75) is 16.4 Å². The van der Waals surface area contributed by atoms with Crippen LogP contribution in [0.4, 0.5) is 0 Å². The quantitative estimate of drug-likeness (QED) is 0.0583. The van der Waals surface area contributed by atoms with Crippen LogP contribution in [0.15, 0.2) is 155 Å². The predicted molar refractivity (Wildman–Crippen MR) is 189 cm³/mol. The van der Waals surface area contributed by atoms with Crippen LogP contribution in [0.25, 0.3) is 22.3 Å². The Bertz CT molecular complexity index is 2270. The fourth-order valence-electron chi connectivity index (χ4n) is 5.22. The van der Waals surface area contributed by atoms with Gasteiger partial charge in [0, 0.05) is 5.56 Å². The number of carboxylic acid groups (broad SMARTS) is 1. The normalized spacial score (nSPS) is 10.8. The van der Waals surface area contributed by atoms with Gasteiger partial charge in [0.1, 0.15) is 30.6 Å². The predicted octanol–water partition coefficient (Wildman–Crippen LogP) is 8.37. The van der Waals surface area contributed by atoms with Crippen molar-refractivity contribution in [3.63, 3.8) is 0 Å². The van der Waals surface area contributed by atoms with Crippen molar-refractivity contribution < 1.29 is 47.5 Å². The maximum absolute atomic E-state index is 13.7. The van der Waals surface area contributed by atoms with Crippen LogP contribution < -0.4 is 9.47 Å². The van der Waals surface area contributed by atoms with Crippen LogP contribution >= 0.6 is 0 Å². The lowest BCUT2D eigenvalue weighted by molar-refractivity contribution is -0.253. The highest BCUT2D eigenvalue weighted by molar-refractivity contribution is 7.91. The molecule has 0 aliphatic rings. The van der Waals surface area contributed by atoms with Gasteiger partial charge in [0.25, 0.3) is 0 Å². The van der Waals surface area contributed by atoms with Crippen molar-refractivity contribution in [3.05, 3.63) is 162 Å². The Balaban J connectivity index is 0.00000248. The van der Waals surface area contributed by atoms with Crippen LogP contribution in [0.3, 0.4) is 0 Å². The lowest BCUT2D eigenvalue weighted by atomic mass is 9.99. The van der Waals surface area contributed by atoms with Gasteiger partial charge in [-0.2, -0.15) is 0 Å². The Morgan fingerprint density at radius 1 is 0.588 bits per heavy atom. The number of hydrogen-bond donors (Lipinski definition) is 2. The minimum atomic E-state index is -4.13. The summed E-state index contributed by atoms with van der Waals surface area (Å²) in [6.45, 7) is 1.84. The molecule has 0 aliphatic carbocycles. The molecule has 11 heteroatoms. The zero-order chi connectivity index (χ0) is 36.4. The van der Waals surface area contributed by atoms with Crippen LogP contribution in [0.2, 0.25) is 0 Å². The van der Waals surface area contributed by atoms with Crippen molar-refractivity contribution in [1.29, 1.82) is 0 Å². The highest BCUT2D eigenvalue weighted by atomic mass is 32.2. The van der Waals surface area contributed by atoms with Gasteiger partial charge in [0.15, 0.2) is 0 Å². The first-order chi connectivity index (χ1) is 24.7. The first kappa shape index (κ1) is 35.9. The Hall–Kier alpha value is -6.40. The van der Waals surface area contributed by atoms with E-state index >= 15 is 0 Å². The third-order valence-corrected chi connectivity index (χ3v) is 9.38. The number of carbonyl (C=O) groups is 3. The summed E-state index contributed by atoms with van der Waals surface area (Å²) in [6, 6.07) is 39.7. The van der Waals surface area contributed by atoms with E-state index in [0.29, 0.717) is 16.9 Å². The molecule has 0 unspecified atom stereocenters. The van der Waals surface area contributed by atoms with Gasteiger partial charge in [-0.05, 0) is 82.9 Å². The maximum Gasteiger partial charge on any atom is 0.344 e. The van der Waals surface area contributed by atoms with Gasteiger partial charge in [-0.25, -0.2) is 22.9 Å². The monoisotopic (exact) mass is 702 g/mol. The first-order valence-corrected chi connectivity index (χ1v) is 16.7. The van der Waals surface area contributed by atoms with Crippen molar-refractivity contribution >= 4 is 28.6 Å². The molecule has 51 heavy (non-hydrogen) atoms. The molecule has 0 fully saturated rings. The molecule has 0 aromatic heterocycles. The zero-order valence-electron chi connectivity index (χ0n) is 26.8. The molecule has 0 saturated carbocycles. The molecular weight excluding hydrogens is 672 g/mol. The minimum absolute atomic E-state index is 0.0843. The van der Waals surface area contributed by atoms with E-state index < -0.39 is 21.8 Å². The Morgan fingerprint density at radius 2 is 1.14 bits per heavy atom. The number of aromatic carboxylic acids is 1. The number of carboxylic acids is 1. The number of sulfone groups is 1. The summed E-state index contributed by atoms with van der Waals surface area (Å²) in [4.78, 5) is 37.4. The van der Waals surface area contributed by atoms with Crippen LogP contribution in [-0.2, 0) is 26.1 Å². The van der Waals surface area contributed by atoms with E-state index in [1.807, 2.05) is 79.6 Å². The number of rotatable bonds is 11. The number of benzene rings is 6. The molecule has 10 nitrogen and oxygen atoms in total. The van der Waals surface area contributed by atoms with Gasteiger partial charge in [0.2, 0.25) is 9.84 Å². The van der Waals surface area contributed by atoms with Gasteiger partial charge >= 0.3 is 11.9 Å². The molecule has 2 N–H and O–H groups in total. The third-order valence-electron chi connectivity index (χ3n) is 7.63. The average Bonchev–Trinajstić information content (AvgIpc) is 3.17. The average molecular weight is 703 g/mol. The van der Waals surface area contributed by atoms with Crippen LogP contribution in [-0.4, -0.2) is 37.5 Å². The van der Waals surface area contributed by atoms with E-state index in [9.17, 15) is 28.4 Å². The third kappa shape index (κ3) is 8.43. The van der Waals surface area contributed by atoms with Gasteiger partial charge in [-0.15, -0.1) is 0 Å². The molecule has 0 aliphatic heterocycles. The van der Waals surface area contributed by atoms with Gasteiger partial charge < -0.3 is 19.4 Å². The lowest BCUT2D eigenvalue weighted by Gasteiger charge is -2.14. The van der Waals surface area contributed by atoms with Gasteiger partial charge in [0.05, 0.1) is 20.9 Å². The second-order valence-electron chi connectivity index (χ2n) is 10.8. The van der Waals surface area contributed by atoms with E-state index in [2.05, 4.69) is 4.89 Å². The standard InChI is InChI=1S/C39H28O9S.CH2O/c40-38(41)36-22-29(27-11-5-2-6-12-27)17-19-35(36)39(42)48-32-14-8-16-34(24-32)49(44,45)33-15-7-13-31(23-33)47-37-20-18-28(21-30(37)25-46-43)26-9-3-1-4-10-26;1-2/h1-24,43H,25H2,(H,40,41);1H2. The van der Waals surface area contributed by atoms with Gasteiger partial charge in [-0.3, -0.25) is 5.26 Å². The highest BCUT2D eigenvalue weighted by Crippen LogP contribution is 2.33. The summed E-state index contributed by atoms with van der Waals surface area (Å²) in [6.07, 6.45) is 0. The van der Waals surface area contributed by atoms with Crippen LogP contribution in [0.1, 0.15) is 26.3 Å². The largest absolute Gasteiger partial charge is 0.478 e. The lowest BCUT2D eigenvalue weighted by Crippen LogP contribution is -2.14. The molecule has 0 amide bonds. The van der Waals surface area contributed by atoms with Gasteiger partial charge in [-0.1, -0.05) is 84.9 Å². The van der Waals surface area contributed by atoms with Crippen LogP contribution in [0, 0.1) is 0 Å². The molecule has 6 aromatic rings. The first-order valence-electron chi connectivity index (χ1n) is 15.2. The smallest absolute Gasteiger partial charge is 0.344 e. The van der Waals surface area contributed by atoms with E-state index in [-0.39, 0.29) is 39.0 Å². The molecule has 0 spiro atoms. The summed E-state index contributed by atoms with van der Waals surface area (Å²) in [7, 11) is -4.13. The maximum atomic E-state index is 13.7. The van der Waals surface area contributed by atoms with E-state index in [1.54, 1.807) is 18.2 Å². The fourth-order valence-corrected chi connectivity index (χ4v) is 6.55. The second-order valence-corrected chi connectivity index (χ2v) is 12.8. The number of carbonyl (C=O) groups excluding carboxylic acids is 2. The SMILES string of the molecule is C=O.O=C(O)c1cc(-c2ccccc2)ccc1C(=O)Oc1cccc(S(=O)(=O)c2cccc(Oc3ccc(-c4ccccc4)cc3COO)c2)c1. The van der Waals surface area contributed by atoms with Crippen molar-refractivity contribution in [2.24, 2.45) is 0 Å². The summed E-state index contributed by atoms with van der Waals surface area (Å²) in [5.74, 6) is -1.78. The van der Waals surface area contributed by atoms with Crippen molar-refractivity contribution in [1.82, 2.24) is 0 Å². The van der Waals surface area contributed by atoms with Crippen LogP contribution in [0.5, 0.6) is 17.2 Å². The molecule has 0 saturated heterocycles. The van der Waals surface area contributed by atoms with E-state index in [1.165, 1.54) is 54.6 Å². The summed E-state index contributed by atoms with van der Waals surface area (Å²) < 4.78 is 38.9. The van der Waals surface area contributed by atoms with Crippen molar-refractivity contribution in [3.8, 4) is 39.5 Å². The topological polar surface area (TPSA) is 154 Å². The van der Waals surface area contributed by atoms with Crippen molar-refractivity contribution in [2.75, 3.05) is 0 Å². The molecule has 256 valence electrons. The highest BCUT2D eigenvalue weighted by Gasteiger charge is 2.23. The Morgan fingerprint density at radius 3 is 1.73 bits per heavy atom. The van der Waals surface area contributed by atoms with E-state index in [4.69, 9.17) is 14.3 Å². The summed E-state index contributed by atoms with van der Waals surface area (Å²) in [5.41, 5.74) is 3.31. The second kappa shape index (κ2) is 16.3. The Labute approximate surface area is 293 Å². The molecule has 0 atom stereocenters. The Kier molecular flexibility index (Phi) is 11.5. The number of hydrogen-bond acceptors (Lipinski definition) is 9. The number of esters is 1. The zero-order valence-corrected chi connectivity index (χ0v) is 27.7. The number of ether oxygens (including phenoxy) is 2. The summed E-state index contributed by atoms with van der Waals surface area (Å²) >= 11 is 0. The molecular formula is C40H30O10S. The van der Waals surface area contributed by atoms with E-state index in [0.717, 1.165) is 16.7 Å². The fraction of sp³-hybridized carbons (Fsp3) is 0.0250. The molecule has 0 bridgehead atoms. The molecule has 0 radical (unpaired) electrons. The molecule has 0 heterocycles.